The standard InChI is InChI=1S/C12H17N3O/c1-9(16)12(2,3)15-8-10-4-5-14-11(6-10)7-13/h4-6,9,15-16H,8H2,1-3H3. The maximum absolute atomic E-state index is 9.53. The second-order valence-corrected chi connectivity index (χ2v) is 4.41. The van der Waals surface area contributed by atoms with E-state index in [-0.39, 0.29) is 5.54 Å². The van der Waals surface area contributed by atoms with Crippen LogP contribution in [0, 0.1) is 11.3 Å². The molecule has 0 saturated heterocycles. The second kappa shape index (κ2) is 5.06. The molecule has 1 aromatic heterocycles. The van der Waals surface area contributed by atoms with Gasteiger partial charge in [-0.25, -0.2) is 4.98 Å². The number of hydrogen-bond donors (Lipinski definition) is 2. The summed E-state index contributed by atoms with van der Waals surface area (Å²) in [6.07, 6.45) is 1.18. The summed E-state index contributed by atoms with van der Waals surface area (Å²) < 4.78 is 0. The smallest absolute Gasteiger partial charge is 0.140 e. The van der Waals surface area contributed by atoms with E-state index in [1.165, 1.54) is 0 Å². The monoisotopic (exact) mass is 219 g/mol. The summed E-state index contributed by atoms with van der Waals surface area (Å²) in [7, 11) is 0. The molecular formula is C12H17N3O. The van der Waals surface area contributed by atoms with E-state index in [0.29, 0.717) is 12.2 Å². The van der Waals surface area contributed by atoms with Crippen molar-refractivity contribution >= 4 is 0 Å². The first-order valence-electron chi connectivity index (χ1n) is 5.24. The normalized spacial score (nSPS) is 13.2. The highest BCUT2D eigenvalue weighted by Gasteiger charge is 2.22. The average Bonchev–Trinajstić information content (AvgIpc) is 2.26. The Morgan fingerprint density at radius 3 is 2.88 bits per heavy atom. The molecule has 0 spiro atoms. The fraction of sp³-hybridized carbons (Fsp3) is 0.500. The summed E-state index contributed by atoms with van der Waals surface area (Å²) in [4.78, 5) is 3.90. The van der Waals surface area contributed by atoms with Gasteiger partial charge in [-0.15, -0.1) is 0 Å². The minimum Gasteiger partial charge on any atom is -0.392 e. The van der Waals surface area contributed by atoms with Crippen LogP contribution in [0.4, 0.5) is 0 Å². The van der Waals surface area contributed by atoms with Crippen molar-refractivity contribution in [3.8, 4) is 6.07 Å². The van der Waals surface area contributed by atoms with Crippen LogP contribution in [-0.2, 0) is 6.54 Å². The van der Waals surface area contributed by atoms with Crippen LogP contribution >= 0.6 is 0 Å². The molecule has 0 aliphatic heterocycles. The van der Waals surface area contributed by atoms with E-state index in [1.807, 2.05) is 26.0 Å². The lowest BCUT2D eigenvalue weighted by Crippen LogP contribution is -2.47. The first-order chi connectivity index (χ1) is 7.45. The number of aliphatic hydroxyl groups excluding tert-OH is 1. The maximum Gasteiger partial charge on any atom is 0.140 e. The highest BCUT2D eigenvalue weighted by atomic mass is 16.3. The van der Waals surface area contributed by atoms with Gasteiger partial charge >= 0.3 is 0 Å². The van der Waals surface area contributed by atoms with E-state index >= 15 is 0 Å². The zero-order chi connectivity index (χ0) is 12.2. The molecule has 1 unspecified atom stereocenters. The fourth-order valence-electron chi connectivity index (χ4n) is 1.12. The first kappa shape index (κ1) is 12.6. The molecule has 4 nitrogen and oxygen atoms in total. The van der Waals surface area contributed by atoms with Crippen molar-refractivity contribution in [1.82, 2.24) is 10.3 Å². The molecule has 0 radical (unpaired) electrons. The van der Waals surface area contributed by atoms with Crippen LogP contribution in [0.15, 0.2) is 18.3 Å². The molecule has 1 atom stereocenters. The van der Waals surface area contributed by atoms with Crippen LogP contribution in [0.5, 0.6) is 0 Å². The van der Waals surface area contributed by atoms with Crippen molar-refractivity contribution in [3.05, 3.63) is 29.6 Å². The van der Waals surface area contributed by atoms with Gasteiger partial charge in [-0.1, -0.05) is 0 Å². The first-order valence-corrected chi connectivity index (χ1v) is 5.24. The third-order valence-corrected chi connectivity index (χ3v) is 2.73. The van der Waals surface area contributed by atoms with Gasteiger partial charge in [0.05, 0.1) is 6.10 Å². The zero-order valence-electron chi connectivity index (χ0n) is 9.86. The SMILES string of the molecule is CC(O)C(C)(C)NCc1ccnc(C#N)c1. The molecule has 0 aromatic carbocycles. The molecular weight excluding hydrogens is 202 g/mol. The number of aromatic nitrogens is 1. The van der Waals surface area contributed by atoms with Gasteiger partial charge in [0.1, 0.15) is 11.8 Å². The molecule has 0 bridgehead atoms. The Morgan fingerprint density at radius 2 is 2.31 bits per heavy atom. The van der Waals surface area contributed by atoms with Gasteiger partial charge in [0.2, 0.25) is 0 Å². The van der Waals surface area contributed by atoms with Crippen LogP contribution in [0.1, 0.15) is 32.0 Å². The van der Waals surface area contributed by atoms with Crippen molar-refractivity contribution in [3.63, 3.8) is 0 Å². The minimum absolute atomic E-state index is 0.351. The Hall–Kier alpha value is -1.44. The van der Waals surface area contributed by atoms with Gasteiger partial charge in [-0.2, -0.15) is 5.26 Å². The van der Waals surface area contributed by atoms with Crippen LogP contribution in [-0.4, -0.2) is 21.7 Å². The lowest BCUT2D eigenvalue weighted by molar-refractivity contribution is 0.0956. The molecule has 0 amide bonds. The molecule has 1 aromatic rings. The molecule has 1 rings (SSSR count). The Labute approximate surface area is 95.9 Å². The van der Waals surface area contributed by atoms with E-state index in [1.54, 1.807) is 19.2 Å². The van der Waals surface area contributed by atoms with E-state index in [4.69, 9.17) is 5.26 Å². The molecule has 0 aliphatic rings. The lowest BCUT2D eigenvalue weighted by atomic mass is 9.98. The minimum atomic E-state index is -0.440. The summed E-state index contributed by atoms with van der Waals surface area (Å²) in [6, 6.07) is 5.59. The number of nitriles is 1. The van der Waals surface area contributed by atoms with Gasteiger partial charge < -0.3 is 10.4 Å². The quantitative estimate of drug-likeness (QED) is 0.798. The summed E-state index contributed by atoms with van der Waals surface area (Å²) in [6.45, 7) is 6.23. The third-order valence-electron chi connectivity index (χ3n) is 2.73. The summed E-state index contributed by atoms with van der Waals surface area (Å²) in [5, 5.41) is 21.5. The van der Waals surface area contributed by atoms with Gasteiger partial charge in [0.15, 0.2) is 0 Å². The van der Waals surface area contributed by atoms with Gasteiger partial charge in [0, 0.05) is 18.3 Å². The number of hydrogen-bond acceptors (Lipinski definition) is 4. The maximum atomic E-state index is 9.53. The molecule has 0 aliphatic carbocycles. The Balaban J connectivity index is 2.65. The summed E-state index contributed by atoms with van der Waals surface area (Å²) >= 11 is 0. The number of pyridine rings is 1. The Bertz CT molecular complexity index is 393. The number of nitrogens with zero attached hydrogens (tertiary/aromatic N) is 2. The lowest BCUT2D eigenvalue weighted by Gasteiger charge is -2.29. The van der Waals surface area contributed by atoms with Crippen LogP contribution in [0.3, 0.4) is 0 Å². The van der Waals surface area contributed by atoms with Crippen molar-refractivity contribution in [2.75, 3.05) is 0 Å². The van der Waals surface area contributed by atoms with Crippen LogP contribution in [0.2, 0.25) is 0 Å². The van der Waals surface area contributed by atoms with Gasteiger partial charge in [-0.3, -0.25) is 0 Å². The number of nitrogens with one attached hydrogen (secondary N) is 1. The zero-order valence-corrected chi connectivity index (χ0v) is 9.86. The Kier molecular flexibility index (Phi) is 3.99. The van der Waals surface area contributed by atoms with Crippen molar-refractivity contribution < 1.29 is 5.11 Å². The van der Waals surface area contributed by atoms with E-state index in [0.717, 1.165) is 5.56 Å². The summed E-state index contributed by atoms with van der Waals surface area (Å²) in [5.41, 5.74) is 1.05. The van der Waals surface area contributed by atoms with Gasteiger partial charge in [-0.05, 0) is 38.5 Å². The molecule has 1 heterocycles. The topological polar surface area (TPSA) is 68.9 Å². The van der Waals surface area contributed by atoms with E-state index in [2.05, 4.69) is 10.3 Å². The van der Waals surface area contributed by atoms with Crippen LogP contribution < -0.4 is 5.32 Å². The van der Waals surface area contributed by atoms with Crippen molar-refractivity contribution in [2.45, 2.75) is 39.0 Å². The predicted octanol–water partition coefficient (Wildman–Crippen LogP) is 1.20. The van der Waals surface area contributed by atoms with Gasteiger partial charge in [0.25, 0.3) is 0 Å². The highest BCUT2D eigenvalue weighted by Crippen LogP contribution is 2.10. The Morgan fingerprint density at radius 1 is 1.62 bits per heavy atom. The van der Waals surface area contributed by atoms with E-state index < -0.39 is 6.10 Å². The van der Waals surface area contributed by atoms with Crippen LogP contribution in [0.25, 0.3) is 0 Å². The fourth-order valence-corrected chi connectivity index (χ4v) is 1.12. The summed E-state index contributed by atoms with van der Waals surface area (Å²) in [5.74, 6) is 0. The van der Waals surface area contributed by atoms with Crippen molar-refractivity contribution in [1.29, 1.82) is 5.26 Å². The van der Waals surface area contributed by atoms with E-state index in [9.17, 15) is 5.11 Å². The molecule has 0 saturated carbocycles. The predicted molar refractivity (Wildman–Crippen MR) is 61.6 cm³/mol. The molecule has 16 heavy (non-hydrogen) atoms. The molecule has 86 valence electrons. The number of rotatable bonds is 4. The highest BCUT2D eigenvalue weighted by molar-refractivity contribution is 5.25. The molecule has 0 fully saturated rings. The van der Waals surface area contributed by atoms with Crippen molar-refractivity contribution in [2.24, 2.45) is 0 Å². The molecule has 4 heteroatoms. The average molecular weight is 219 g/mol. The largest absolute Gasteiger partial charge is 0.392 e. The second-order valence-electron chi connectivity index (χ2n) is 4.41. The number of aliphatic hydroxyl groups is 1. The molecule has 2 N–H and O–H groups in total. The third kappa shape index (κ3) is 3.30.